The number of nitriles is 1. The summed E-state index contributed by atoms with van der Waals surface area (Å²) in [5, 5.41) is 12.3. The van der Waals surface area contributed by atoms with E-state index < -0.39 is 0 Å². The largest absolute Gasteiger partial charge is 0.363 e. The van der Waals surface area contributed by atoms with Gasteiger partial charge in [-0.2, -0.15) is 5.26 Å². The fourth-order valence-corrected chi connectivity index (χ4v) is 2.51. The molecule has 1 heterocycles. The van der Waals surface area contributed by atoms with Crippen molar-refractivity contribution < 1.29 is 0 Å². The summed E-state index contributed by atoms with van der Waals surface area (Å²) in [5.41, 5.74) is 3.04. The van der Waals surface area contributed by atoms with Crippen LogP contribution in [0.5, 0.6) is 0 Å². The van der Waals surface area contributed by atoms with E-state index in [0.717, 1.165) is 12.2 Å². The average Bonchev–Trinajstić information content (AvgIpc) is 2.63. The second-order valence-corrected chi connectivity index (χ2v) is 5.34. The first-order valence-corrected chi connectivity index (χ1v) is 7.57. The summed E-state index contributed by atoms with van der Waals surface area (Å²) in [6.45, 7) is 0. The number of hydrogen-bond donors (Lipinski definition) is 1. The van der Waals surface area contributed by atoms with Crippen LogP contribution in [-0.4, -0.2) is 4.98 Å². The maximum Gasteiger partial charge on any atom is 0.126 e. The molecule has 0 aliphatic heterocycles. The van der Waals surface area contributed by atoms with E-state index in [4.69, 9.17) is 5.26 Å². The Morgan fingerprint density at radius 2 is 1.61 bits per heavy atom. The predicted molar refractivity (Wildman–Crippen MR) is 91.9 cm³/mol. The highest BCUT2D eigenvalue weighted by Gasteiger charge is 2.12. The summed E-state index contributed by atoms with van der Waals surface area (Å²) in [5.74, 6) is 0.772. The second-order valence-electron chi connectivity index (χ2n) is 5.34. The van der Waals surface area contributed by atoms with E-state index in [0.29, 0.717) is 5.56 Å². The van der Waals surface area contributed by atoms with Gasteiger partial charge in [-0.05, 0) is 29.7 Å². The maximum atomic E-state index is 8.87. The zero-order valence-electron chi connectivity index (χ0n) is 12.7. The number of aromatic nitrogens is 1. The standard InChI is InChI=1S/C20H17N3/c21-14-17-11-12-20(22-15-17)23-19(18-9-5-2-6-10-18)13-16-7-3-1-4-8-16/h1-12,15,19H,13H2,(H,22,23). The lowest BCUT2D eigenvalue weighted by Crippen LogP contribution is -2.14. The molecule has 0 aliphatic rings. The van der Waals surface area contributed by atoms with Crippen molar-refractivity contribution in [3.8, 4) is 6.07 Å². The van der Waals surface area contributed by atoms with Crippen molar-refractivity contribution >= 4 is 5.82 Å². The van der Waals surface area contributed by atoms with Gasteiger partial charge in [0.05, 0.1) is 11.6 Å². The quantitative estimate of drug-likeness (QED) is 0.762. The van der Waals surface area contributed by atoms with E-state index in [9.17, 15) is 0 Å². The number of hydrogen-bond acceptors (Lipinski definition) is 3. The molecule has 1 N–H and O–H groups in total. The van der Waals surface area contributed by atoms with Crippen LogP contribution in [0.2, 0.25) is 0 Å². The van der Waals surface area contributed by atoms with Crippen LogP contribution in [0.4, 0.5) is 5.82 Å². The highest BCUT2D eigenvalue weighted by Crippen LogP contribution is 2.22. The Balaban J connectivity index is 1.84. The van der Waals surface area contributed by atoms with Crippen LogP contribution in [0.15, 0.2) is 79.0 Å². The first-order chi connectivity index (χ1) is 11.3. The third kappa shape index (κ3) is 3.96. The molecule has 0 fully saturated rings. The van der Waals surface area contributed by atoms with Crippen LogP contribution in [0.25, 0.3) is 0 Å². The van der Waals surface area contributed by atoms with Crippen molar-refractivity contribution in [2.45, 2.75) is 12.5 Å². The van der Waals surface area contributed by atoms with Gasteiger partial charge in [-0.1, -0.05) is 60.7 Å². The molecule has 0 spiro atoms. The number of rotatable bonds is 5. The van der Waals surface area contributed by atoms with Crippen molar-refractivity contribution in [1.82, 2.24) is 4.98 Å². The van der Waals surface area contributed by atoms with Gasteiger partial charge in [0.2, 0.25) is 0 Å². The van der Waals surface area contributed by atoms with Gasteiger partial charge in [-0.15, -0.1) is 0 Å². The van der Waals surface area contributed by atoms with Gasteiger partial charge in [-0.25, -0.2) is 4.98 Å². The van der Waals surface area contributed by atoms with Crippen LogP contribution in [0.3, 0.4) is 0 Å². The first-order valence-electron chi connectivity index (χ1n) is 7.57. The smallest absolute Gasteiger partial charge is 0.126 e. The zero-order valence-corrected chi connectivity index (χ0v) is 12.7. The fourth-order valence-electron chi connectivity index (χ4n) is 2.51. The first kappa shape index (κ1) is 14.8. The van der Waals surface area contributed by atoms with Gasteiger partial charge in [0.1, 0.15) is 11.9 Å². The van der Waals surface area contributed by atoms with Crippen molar-refractivity contribution in [2.24, 2.45) is 0 Å². The highest BCUT2D eigenvalue weighted by atomic mass is 15.0. The van der Waals surface area contributed by atoms with Crippen molar-refractivity contribution in [2.75, 3.05) is 5.32 Å². The molecule has 3 rings (SSSR count). The monoisotopic (exact) mass is 299 g/mol. The van der Waals surface area contributed by atoms with E-state index >= 15 is 0 Å². The molecule has 0 saturated carbocycles. The molecule has 3 heteroatoms. The minimum atomic E-state index is 0.124. The van der Waals surface area contributed by atoms with Gasteiger partial charge in [0.15, 0.2) is 0 Å². The SMILES string of the molecule is N#Cc1ccc(NC(Cc2ccccc2)c2ccccc2)nc1. The molecule has 0 bridgehead atoms. The van der Waals surface area contributed by atoms with E-state index in [1.54, 1.807) is 12.3 Å². The molecule has 23 heavy (non-hydrogen) atoms. The molecule has 3 nitrogen and oxygen atoms in total. The summed E-state index contributed by atoms with van der Waals surface area (Å²) < 4.78 is 0. The molecule has 2 aromatic carbocycles. The van der Waals surface area contributed by atoms with Gasteiger partial charge >= 0.3 is 0 Å². The predicted octanol–water partition coefficient (Wildman–Crippen LogP) is 4.35. The Kier molecular flexibility index (Phi) is 4.66. The zero-order chi connectivity index (χ0) is 15.9. The van der Waals surface area contributed by atoms with Crippen LogP contribution >= 0.6 is 0 Å². The number of pyridine rings is 1. The van der Waals surface area contributed by atoms with E-state index in [-0.39, 0.29) is 6.04 Å². The summed E-state index contributed by atoms with van der Waals surface area (Å²) in [6, 6.07) is 26.6. The molecule has 1 unspecified atom stereocenters. The maximum absolute atomic E-state index is 8.87. The van der Waals surface area contributed by atoms with E-state index in [2.05, 4.69) is 52.8 Å². The van der Waals surface area contributed by atoms with Crippen LogP contribution < -0.4 is 5.32 Å². The Labute approximate surface area is 136 Å². The Morgan fingerprint density at radius 1 is 0.913 bits per heavy atom. The van der Waals surface area contributed by atoms with Gasteiger partial charge < -0.3 is 5.32 Å². The summed E-state index contributed by atoms with van der Waals surface area (Å²) in [7, 11) is 0. The third-order valence-corrected chi connectivity index (χ3v) is 3.70. The number of anilines is 1. The van der Waals surface area contributed by atoms with Crippen LogP contribution in [-0.2, 0) is 6.42 Å². The van der Waals surface area contributed by atoms with Crippen molar-refractivity contribution in [3.05, 3.63) is 95.7 Å². The topological polar surface area (TPSA) is 48.7 Å². The summed E-state index contributed by atoms with van der Waals surface area (Å²) in [4.78, 5) is 4.32. The normalized spacial score (nSPS) is 11.4. The number of nitrogens with one attached hydrogen (secondary N) is 1. The van der Waals surface area contributed by atoms with Crippen molar-refractivity contribution in [1.29, 1.82) is 5.26 Å². The Hall–Kier alpha value is -3.12. The van der Waals surface area contributed by atoms with Gasteiger partial charge in [-0.3, -0.25) is 0 Å². The molecule has 1 aromatic heterocycles. The van der Waals surface area contributed by atoms with E-state index in [1.807, 2.05) is 30.3 Å². The third-order valence-electron chi connectivity index (χ3n) is 3.70. The molecule has 0 saturated heterocycles. The number of benzene rings is 2. The molecule has 3 aromatic rings. The van der Waals surface area contributed by atoms with E-state index in [1.165, 1.54) is 11.1 Å². The Bertz CT molecular complexity index is 775. The van der Waals surface area contributed by atoms with Gasteiger partial charge in [0, 0.05) is 6.20 Å². The van der Waals surface area contributed by atoms with Crippen molar-refractivity contribution in [3.63, 3.8) is 0 Å². The molecular formula is C20H17N3. The second kappa shape index (κ2) is 7.24. The van der Waals surface area contributed by atoms with Gasteiger partial charge in [0.25, 0.3) is 0 Å². The molecule has 112 valence electrons. The minimum Gasteiger partial charge on any atom is -0.363 e. The molecule has 0 amide bonds. The lowest BCUT2D eigenvalue weighted by molar-refractivity contribution is 0.770. The Morgan fingerprint density at radius 3 is 2.22 bits per heavy atom. The highest BCUT2D eigenvalue weighted by molar-refractivity contribution is 5.42. The minimum absolute atomic E-state index is 0.124. The lowest BCUT2D eigenvalue weighted by atomic mass is 9.99. The summed E-state index contributed by atoms with van der Waals surface area (Å²) >= 11 is 0. The fraction of sp³-hybridized carbons (Fsp3) is 0.100. The molecular weight excluding hydrogens is 282 g/mol. The molecule has 0 aliphatic carbocycles. The van der Waals surface area contributed by atoms with Crippen LogP contribution in [0.1, 0.15) is 22.7 Å². The molecule has 0 radical (unpaired) electrons. The van der Waals surface area contributed by atoms with Crippen LogP contribution in [0, 0.1) is 11.3 Å². The lowest BCUT2D eigenvalue weighted by Gasteiger charge is -2.20. The summed E-state index contributed by atoms with van der Waals surface area (Å²) in [6.07, 6.45) is 2.46. The molecule has 1 atom stereocenters. The average molecular weight is 299 g/mol. The number of nitrogens with zero attached hydrogens (tertiary/aromatic N) is 2.